The molecule has 94 valence electrons. The Kier molecular flexibility index (Phi) is 3.82. The molecule has 0 radical (unpaired) electrons. The third kappa shape index (κ3) is 3.06. The normalized spacial score (nSPS) is 22.9. The van der Waals surface area contributed by atoms with Gasteiger partial charge in [-0.05, 0) is 24.5 Å². The lowest BCUT2D eigenvalue weighted by atomic mass is 9.97. The molecule has 2 atom stereocenters. The Hall–Kier alpha value is -0.900. The number of hydrogen-bond acceptors (Lipinski definition) is 3. The summed E-state index contributed by atoms with van der Waals surface area (Å²) in [4.78, 5) is 0. The van der Waals surface area contributed by atoms with Gasteiger partial charge in [0, 0.05) is 6.54 Å². The SMILES string of the molecule is CCC(C)(O)CNC1COCc2ccccc21. The molecule has 0 fully saturated rings. The average Bonchev–Trinajstić information content (AvgIpc) is 2.36. The molecule has 3 nitrogen and oxygen atoms in total. The van der Waals surface area contributed by atoms with Gasteiger partial charge >= 0.3 is 0 Å². The summed E-state index contributed by atoms with van der Waals surface area (Å²) >= 11 is 0. The van der Waals surface area contributed by atoms with Gasteiger partial charge < -0.3 is 15.2 Å². The number of aliphatic hydroxyl groups is 1. The first-order valence-corrected chi connectivity index (χ1v) is 6.24. The van der Waals surface area contributed by atoms with Crippen LogP contribution in [0.15, 0.2) is 24.3 Å². The van der Waals surface area contributed by atoms with Gasteiger partial charge in [0.05, 0.1) is 24.9 Å². The summed E-state index contributed by atoms with van der Waals surface area (Å²) in [6.45, 7) is 5.81. The fraction of sp³-hybridized carbons (Fsp3) is 0.571. The molecule has 0 saturated carbocycles. The van der Waals surface area contributed by atoms with E-state index in [1.807, 2.05) is 19.9 Å². The van der Waals surface area contributed by atoms with Crippen LogP contribution in [0.2, 0.25) is 0 Å². The van der Waals surface area contributed by atoms with Gasteiger partial charge in [0.15, 0.2) is 0 Å². The van der Waals surface area contributed by atoms with E-state index in [1.54, 1.807) is 0 Å². The number of nitrogens with one attached hydrogen (secondary N) is 1. The van der Waals surface area contributed by atoms with Crippen molar-refractivity contribution in [2.24, 2.45) is 0 Å². The molecule has 1 aromatic rings. The van der Waals surface area contributed by atoms with E-state index in [2.05, 4.69) is 23.5 Å². The Morgan fingerprint density at radius 1 is 1.47 bits per heavy atom. The van der Waals surface area contributed by atoms with Crippen molar-refractivity contribution in [1.82, 2.24) is 5.32 Å². The Labute approximate surface area is 103 Å². The number of rotatable bonds is 4. The third-order valence-electron chi connectivity index (χ3n) is 3.46. The second-order valence-corrected chi connectivity index (χ2v) is 5.00. The number of fused-ring (bicyclic) bond motifs is 1. The fourth-order valence-electron chi connectivity index (χ4n) is 2.02. The topological polar surface area (TPSA) is 41.5 Å². The van der Waals surface area contributed by atoms with E-state index in [-0.39, 0.29) is 6.04 Å². The van der Waals surface area contributed by atoms with E-state index < -0.39 is 5.60 Å². The molecule has 0 bridgehead atoms. The van der Waals surface area contributed by atoms with Crippen molar-refractivity contribution in [3.8, 4) is 0 Å². The lowest BCUT2D eigenvalue weighted by Crippen LogP contribution is -2.41. The Morgan fingerprint density at radius 3 is 3.00 bits per heavy atom. The summed E-state index contributed by atoms with van der Waals surface area (Å²) in [7, 11) is 0. The maximum Gasteiger partial charge on any atom is 0.0741 e. The molecule has 17 heavy (non-hydrogen) atoms. The number of ether oxygens (including phenoxy) is 1. The summed E-state index contributed by atoms with van der Waals surface area (Å²) in [5.74, 6) is 0. The zero-order valence-electron chi connectivity index (χ0n) is 10.6. The minimum Gasteiger partial charge on any atom is -0.389 e. The highest BCUT2D eigenvalue weighted by molar-refractivity contribution is 5.31. The molecule has 3 heteroatoms. The molecule has 1 aromatic carbocycles. The lowest BCUT2D eigenvalue weighted by molar-refractivity contribution is 0.0378. The van der Waals surface area contributed by atoms with Crippen LogP contribution in [0.5, 0.6) is 0 Å². The molecule has 0 saturated heterocycles. The minimum absolute atomic E-state index is 0.193. The highest BCUT2D eigenvalue weighted by Gasteiger charge is 2.23. The van der Waals surface area contributed by atoms with Gasteiger partial charge in [0.2, 0.25) is 0 Å². The van der Waals surface area contributed by atoms with E-state index in [0.29, 0.717) is 19.8 Å². The van der Waals surface area contributed by atoms with Gasteiger partial charge in [0.1, 0.15) is 0 Å². The zero-order valence-corrected chi connectivity index (χ0v) is 10.6. The highest BCUT2D eigenvalue weighted by Crippen LogP contribution is 2.24. The Balaban J connectivity index is 2.04. The van der Waals surface area contributed by atoms with Crippen LogP contribution in [0.3, 0.4) is 0 Å². The van der Waals surface area contributed by atoms with E-state index in [1.165, 1.54) is 11.1 Å². The fourth-order valence-corrected chi connectivity index (χ4v) is 2.02. The molecule has 2 unspecified atom stereocenters. The van der Waals surface area contributed by atoms with Gasteiger partial charge in [-0.15, -0.1) is 0 Å². The molecule has 1 aliphatic heterocycles. The van der Waals surface area contributed by atoms with Crippen LogP contribution in [-0.4, -0.2) is 23.9 Å². The molecule has 1 aliphatic rings. The molecule has 1 heterocycles. The summed E-state index contributed by atoms with van der Waals surface area (Å²) in [6, 6.07) is 8.51. The molecule has 2 N–H and O–H groups in total. The quantitative estimate of drug-likeness (QED) is 0.839. The van der Waals surface area contributed by atoms with E-state index in [9.17, 15) is 5.11 Å². The molecule has 0 amide bonds. The average molecular weight is 235 g/mol. The summed E-state index contributed by atoms with van der Waals surface area (Å²) in [5.41, 5.74) is 1.89. The van der Waals surface area contributed by atoms with Crippen molar-refractivity contribution in [2.75, 3.05) is 13.2 Å². The van der Waals surface area contributed by atoms with Gasteiger partial charge in [-0.25, -0.2) is 0 Å². The van der Waals surface area contributed by atoms with Crippen molar-refractivity contribution >= 4 is 0 Å². The Bertz CT molecular complexity index is 376. The maximum atomic E-state index is 10.00. The monoisotopic (exact) mass is 235 g/mol. The first-order valence-electron chi connectivity index (χ1n) is 6.24. The van der Waals surface area contributed by atoms with Crippen molar-refractivity contribution in [1.29, 1.82) is 0 Å². The number of hydrogen-bond donors (Lipinski definition) is 2. The van der Waals surface area contributed by atoms with Gasteiger partial charge in [-0.2, -0.15) is 0 Å². The van der Waals surface area contributed by atoms with Crippen LogP contribution in [0.1, 0.15) is 37.4 Å². The van der Waals surface area contributed by atoms with Crippen molar-refractivity contribution in [3.05, 3.63) is 35.4 Å². The molecular formula is C14H21NO2. The van der Waals surface area contributed by atoms with Crippen LogP contribution >= 0.6 is 0 Å². The van der Waals surface area contributed by atoms with Crippen LogP contribution in [-0.2, 0) is 11.3 Å². The van der Waals surface area contributed by atoms with Crippen molar-refractivity contribution in [3.63, 3.8) is 0 Å². The molecule has 0 aromatic heterocycles. The predicted molar refractivity (Wildman–Crippen MR) is 67.8 cm³/mol. The van der Waals surface area contributed by atoms with Gasteiger partial charge in [-0.3, -0.25) is 0 Å². The summed E-state index contributed by atoms with van der Waals surface area (Å²) < 4.78 is 5.56. The first-order chi connectivity index (χ1) is 8.12. The van der Waals surface area contributed by atoms with E-state index in [0.717, 1.165) is 6.42 Å². The third-order valence-corrected chi connectivity index (χ3v) is 3.46. The minimum atomic E-state index is -0.646. The van der Waals surface area contributed by atoms with E-state index in [4.69, 9.17) is 4.74 Å². The van der Waals surface area contributed by atoms with Crippen LogP contribution < -0.4 is 5.32 Å². The lowest BCUT2D eigenvalue weighted by Gasteiger charge is -2.30. The first kappa shape index (κ1) is 12.6. The predicted octanol–water partition coefficient (Wildman–Crippen LogP) is 2.01. The molecule has 2 rings (SSSR count). The zero-order chi connectivity index (χ0) is 12.3. The van der Waals surface area contributed by atoms with Crippen LogP contribution in [0.25, 0.3) is 0 Å². The van der Waals surface area contributed by atoms with Crippen LogP contribution in [0.4, 0.5) is 0 Å². The van der Waals surface area contributed by atoms with Gasteiger partial charge in [0.25, 0.3) is 0 Å². The second kappa shape index (κ2) is 5.17. The van der Waals surface area contributed by atoms with Crippen LogP contribution in [0, 0.1) is 0 Å². The number of benzene rings is 1. The highest BCUT2D eigenvalue weighted by atomic mass is 16.5. The van der Waals surface area contributed by atoms with Gasteiger partial charge in [-0.1, -0.05) is 31.2 Å². The van der Waals surface area contributed by atoms with Crippen molar-refractivity contribution < 1.29 is 9.84 Å². The summed E-state index contributed by atoms with van der Waals surface area (Å²) in [6.07, 6.45) is 0.745. The standard InChI is InChI=1S/C14H21NO2/c1-3-14(2,16)10-15-13-9-17-8-11-6-4-5-7-12(11)13/h4-7,13,15-16H,3,8-10H2,1-2H3. The largest absolute Gasteiger partial charge is 0.389 e. The maximum absolute atomic E-state index is 10.00. The second-order valence-electron chi connectivity index (χ2n) is 5.00. The molecule has 0 aliphatic carbocycles. The molecular weight excluding hydrogens is 214 g/mol. The molecule has 0 spiro atoms. The summed E-state index contributed by atoms with van der Waals surface area (Å²) in [5, 5.41) is 13.4. The smallest absolute Gasteiger partial charge is 0.0741 e. The van der Waals surface area contributed by atoms with Crippen molar-refractivity contribution in [2.45, 2.75) is 38.5 Å². The Morgan fingerprint density at radius 2 is 2.24 bits per heavy atom. The van der Waals surface area contributed by atoms with E-state index >= 15 is 0 Å².